The monoisotopic (exact) mass is 935 g/mol. The van der Waals surface area contributed by atoms with Crippen molar-refractivity contribution in [1.82, 2.24) is 9.80 Å². The molecular weight excluding hydrogens is 883 g/mol. The van der Waals surface area contributed by atoms with Crippen LogP contribution in [-0.2, 0) is 47.0 Å². The molecule has 2 saturated heterocycles. The van der Waals surface area contributed by atoms with Crippen molar-refractivity contribution in [2.45, 2.75) is 49.0 Å². The standard InChI is InChI=1S/C54H53N3O12/c1-64-28-29-68-53(63)56-41-22-21-34(14-12-13-25-58)30-40(41)54(52(56)62)45(50(60)55-24-23-37-31-43(65-2)44(66-3)32-38(37)33-55)47-51(61)69-48(36-17-8-5-9-18-36)46(35-15-6-4-7-16-35)57(47)49(54)39-19-10-11-20-42(39)67-27-26-59/h4-11,15-22,30-32,45-49,58-59H,13,23-29,33H2,1-3H3. The van der Waals surface area contributed by atoms with Crippen molar-refractivity contribution in [3.05, 3.63) is 154 Å². The van der Waals surface area contributed by atoms with E-state index in [0.717, 1.165) is 21.6 Å². The number of methoxy groups -OCH3 is 3. The number of esters is 1. The molecule has 0 saturated carbocycles. The van der Waals surface area contributed by atoms with Crippen LogP contribution in [-0.4, -0.2) is 111 Å². The molecule has 15 heteroatoms. The van der Waals surface area contributed by atoms with E-state index in [-0.39, 0.29) is 69.5 Å². The molecule has 356 valence electrons. The van der Waals surface area contributed by atoms with Gasteiger partial charge in [0.15, 0.2) is 11.5 Å². The second-order valence-electron chi connectivity index (χ2n) is 17.1. The second-order valence-corrected chi connectivity index (χ2v) is 17.1. The third kappa shape index (κ3) is 8.23. The van der Waals surface area contributed by atoms with Gasteiger partial charge in [-0.2, -0.15) is 0 Å². The Morgan fingerprint density at radius 2 is 1.46 bits per heavy atom. The average Bonchev–Trinajstić information content (AvgIpc) is 3.84. The van der Waals surface area contributed by atoms with Crippen LogP contribution in [0, 0.1) is 17.8 Å². The van der Waals surface area contributed by atoms with Crippen molar-refractivity contribution in [1.29, 1.82) is 0 Å². The molecule has 0 aromatic heterocycles. The molecule has 69 heavy (non-hydrogen) atoms. The maximum atomic E-state index is 16.6. The average molecular weight is 936 g/mol. The number of amides is 3. The molecule has 5 aromatic carbocycles. The molecule has 6 atom stereocenters. The van der Waals surface area contributed by atoms with Crippen LogP contribution >= 0.6 is 0 Å². The van der Waals surface area contributed by atoms with Gasteiger partial charge in [0.2, 0.25) is 11.8 Å². The molecule has 0 bridgehead atoms. The normalized spacial score (nSPS) is 22.5. The van der Waals surface area contributed by atoms with Gasteiger partial charge in [-0.25, -0.2) is 9.69 Å². The fraction of sp³-hybridized carbons (Fsp3) is 0.333. The number of benzene rings is 5. The summed E-state index contributed by atoms with van der Waals surface area (Å²) in [5.74, 6) is 3.72. The second kappa shape index (κ2) is 20.2. The van der Waals surface area contributed by atoms with Crippen LogP contribution in [0.1, 0.15) is 63.6 Å². The Kier molecular flexibility index (Phi) is 13.7. The van der Waals surface area contributed by atoms with Crippen LogP contribution in [0.5, 0.6) is 17.2 Å². The first-order valence-electron chi connectivity index (χ1n) is 22.9. The van der Waals surface area contributed by atoms with Crippen molar-refractivity contribution in [2.75, 3.05) is 65.8 Å². The molecule has 1 spiro atoms. The Morgan fingerprint density at radius 3 is 2.16 bits per heavy atom. The first-order valence-corrected chi connectivity index (χ1v) is 22.9. The van der Waals surface area contributed by atoms with E-state index < -0.39 is 59.4 Å². The lowest BCUT2D eigenvalue weighted by atomic mass is 9.64. The Bertz CT molecular complexity index is 2790. The van der Waals surface area contributed by atoms with Crippen LogP contribution in [0.15, 0.2) is 115 Å². The number of cyclic esters (lactones) is 1. The lowest BCUT2D eigenvalue weighted by Crippen LogP contribution is -2.57. The summed E-state index contributed by atoms with van der Waals surface area (Å²) in [6, 6.07) is 31.0. The van der Waals surface area contributed by atoms with E-state index in [9.17, 15) is 15.0 Å². The third-order valence-corrected chi connectivity index (χ3v) is 13.5. The Hall–Kier alpha value is -7.22. The minimum Gasteiger partial charge on any atom is -0.493 e. The van der Waals surface area contributed by atoms with Crippen molar-refractivity contribution in [3.63, 3.8) is 0 Å². The number of fused-ring (bicyclic) bond motifs is 4. The molecule has 2 fully saturated rings. The van der Waals surface area contributed by atoms with Gasteiger partial charge in [-0.15, -0.1) is 0 Å². The van der Waals surface area contributed by atoms with Gasteiger partial charge in [0.05, 0.1) is 57.7 Å². The number of hydrogen-bond donors (Lipinski definition) is 2. The van der Waals surface area contributed by atoms with E-state index >= 15 is 14.4 Å². The predicted molar refractivity (Wildman–Crippen MR) is 251 cm³/mol. The molecule has 0 aliphatic carbocycles. The first-order chi connectivity index (χ1) is 33.7. The number of anilines is 1. The maximum Gasteiger partial charge on any atom is 0.421 e. The van der Waals surface area contributed by atoms with Crippen LogP contribution < -0.4 is 19.1 Å². The van der Waals surface area contributed by atoms with Gasteiger partial charge in [0.25, 0.3) is 0 Å². The molecule has 6 unspecified atom stereocenters. The number of nitrogens with zero attached hydrogens (tertiary/aromatic N) is 3. The van der Waals surface area contributed by atoms with E-state index in [4.69, 9.17) is 28.4 Å². The minimum atomic E-state index is -2.11. The minimum absolute atomic E-state index is 0.0406. The summed E-state index contributed by atoms with van der Waals surface area (Å²) in [7, 11) is 4.55. The summed E-state index contributed by atoms with van der Waals surface area (Å²) in [5, 5.41) is 19.8. The highest BCUT2D eigenvalue weighted by molar-refractivity contribution is 6.23. The molecule has 2 N–H and O–H groups in total. The van der Waals surface area contributed by atoms with Crippen LogP contribution in [0.3, 0.4) is 0 Å². The summed E-state index contributed by atoms with van der Waals surface area (Å²) in [6.07, 6.45) is -1.39. The number of carbonyl (C=O) groups is 4. The zero-order valence-electron chi connectivity index (χ0n) is 38.5. The molecule has 4 heterocycles. The molecule has 9 rings (SSSR count). The van der Waals surface area contributed by atoms with Crippen molar-refractivity contribution < 1.29 is 57.8 Å². The molecule has 0 radical (unpaired) electrons. The fourth-order valence-electron chi connectivity index (χ4n) is 10.7. The van der Waals surface area contributed by atoms with E-state index in [1.54, 1.807) is 54.5 Å². The number of ether oxygens (including phenoxy) is 6. The lowest BCUT2D eigenvalue weighted by molar-refractivity contribution is -0.179. The summed E-state index contributed by atoms with van der Waals surface area (Å²) in [6.45, 7) is -0.486. The summed E-state index contributed by atoms with van der Waals surface area (Å²) < 4.78 is 35.2. The SMILES string of the molecule is COCCOC(=O)N1C(=O)C2(c3cc(C#CCCO)ccc31)C(C(=O)N1CCc3cc(OC)c(OC)cc3C1)C1C(=O)OC(c3ccccc3)C(c3ccccc3)N1C2c1ccccc1OCCO. The van der Waals surface area contributed by atoms with Crippen molar-refractivity contribution in [2.24, 2.45) is 5.92 Å². The topological polar surface area (TPSA) is 174 Å². The number of aliphatic hydroxyl groups excluding tert-OH is 2. The Morgan fingerprint density at radius 1 is 0.768 bits per heavy atom. The van der Waals surface area contributed by atoms with E-state index in [1.165, 1.54) is 14.2 Å². The number of para-hydroxylation sites is 1. The van der Waals surface area contributed by atoms with Crippen LogP contribution in [0.4, 0.5) is 10.5 Å². The zero-order chi connectivity index (χ0) is 48.2. The number of morpholine rings is 1. The number of rotatable bonds is 13. The fourth-order valence-corrected chi connectivity index (χ4v) is 10.7. The maximum absolute atomic E-state index is 16.6. The molecule has 4 aliphatic rings. The van der Waals surface area contributed by atoms with Gasteiger partial charge in [0.1, 0.15) is 36.5 Å². The van der Waals surface area contributed by atoms with Gasteiger partial charge >= 0.3 is 12.1 Å². The zero-order valence-corrected chi connectivity index (χ0v) is 38.5. The van der Waals surface area contributed by atoms with E-state index in [2.05, 4.69) is 11.8 Å². The van der Waals surface area contributed by atoms with Crippen LogP contribution in [0.25, 0.3) is 0 Å². The summed E-state index contributed by atoms with van der Waals surface area (Å²) >= 11 is 0. The van der Waals surface area contributed by atoms with Crippen molar-refractivity contribution in [3.8, 4) is 29.1 Å². The third-order valence-electron chi connectivity index (χ3n) is 13.5. The van der Waals surface area contributed by atoms with Gasteiger partial charge in [-0.1, -0.05) is 90.7 Å². The predicted octanol–water partition coefficient (Wildman–Crippen LogP) is 5.84. The van der Waals surface area contributed by atoms with Crippen LogP contribution in [0.2, 0.25) is 0 Å². The molecule has 3 amide bonds. The Labute approximate surface area is 400 Å². The smallest absolute Gasteiger partial charge is 0.421 e. The van der Waals surface area contributed by atoms with E-state index in [1.807, 2.05) is 77.7 Å². The molecule has 15 nitrogen and oxygen atoms in total. The highest BCUT2D eigenvalue weighted by Gasteiger charge is 2.76. The first kappa shape index (κ1) is 46.9. The lowest BCUT2D eigenvalue weighted by Gasteiger charge is -2.46. The largest absolute Gasteiger partial charge is 0.493 e. The summed E-state index contributed by atoms with van der Waals surface area (Å²) in [5.41, 5.74) is 2.25. The quantitative estimate of drug-likeness (QED) is 0.0820. The Balaban J connectivity index is 1.37. The highest BCUT2D eigenvalue weighted by Crippen LogP contribution is 2.67. The molecular formula is C54H53N3O12. The molecule has 4 aliphatic heterocycles. The summed E-state index contributed by atoms with van der Waals surface area (Å²) in [4.78, 5) is 67.8. The number of aliphatic hydroxyl groups is 2. The van der Waals surface area contributed by atoms with Gasteiger partial charge in [-0.3, -0.25) is 19.3 Å². The van der Waals surface area contributed by atoms with Gasteiger partial charge in [-0.05, 0) is 70.6 Å². The van der Waals surface area contributed by atoms with E-state index in [0.29, 0.717) is 34.6 Å². The number of carbonyl (C=O) groups excluding carboxylic acids is 4. The molecule has 5 aromatic rings. The van der Waals surface area contributed by atoms with Gasteiger partial charge < -0.3 is 43.5 Å². The highest BCUT2D eigenvalue weighted by atomic mass is 16.6. The number of imide groups is 1. The van der Waals surface area contributed by atoms with Crippen molar-refractivity contribution >= 4 is 29.6 Å². The van der Waals surface area contributed by atoms with Gasteiger partial charge in [0, 0.05) is 37.7 Å². The number of hydrogen-bond acceptors (Lipinski definition) is 13.